The summed E-state index contributed by atoms with van der Waals surface area (Å²) in [5.74, 6) is -0.517. The second-order valence-corrected chi connectivity index (χ2v) is 8.41. The summed E-state index contributed by atoms with van der Waals surface area (Å²) in [6.07, 6.45) is -8.86. The van der Waals surface area contributed by atoms with Crippen LogP contribution in [0.15, 0.2) is 48.5 Å². The molecular formula is C24H24F6N2. The minimum absolute atomic E-state index is 0.0660. The average molecular weight is 454 g/mol. The molecule has 1 aliphatic carbocycles. The lowest BCUT2D eigenvalue weighted by molar-refractivity contribution is -0.145. The van der Waals surface area contributed by atoms with E-state index in [4.69, 9.17) is 0 Å². The molecule has 1 saturated carbocycles. The fraction of sp³-hybridized carbons (Fsp3) is 0.458. The zero-order valence-electron chi connectivity index (χ0n) is 17.6. The average Bonchev–Trinajstić information content (AvgIpc) is 3.56. The van der Waals surface area contributed by atoms with Gasteiger partial charge in [-0.2, -0.15) is 31.6 Å². The van der Waals surface area contributed by atoms with Crippen LogP contribution in [-0.4, -0.2) is 18.5 Å². The van der Waals surface area contributed by atoms with Gasteiger partial charge < -0.3 is 4.90 Å². The molecule has 1 aliphatic rings. The van der Waals surface area contributed by atoms with Crippen molar-refractivity contribution in [2.45, 2.75) is 50.0 Å². The van der Waals surface area contributed by atoms with Crippen LogP contribution in [0.2, 0.25) is 0 Å². The standard InChI is InChI=1S/C24H24F6N2/c1-32(15-17-7-3-2-4-8-17)14-6-13-22(16-31,18-11-12-18)21-19(23(25,26)27)9-5-10-20(21)24(28,29)30/h2-5,7-10,18H,6,11-15H2,1H3. The van der Waals surface area contributed by atoms with Crippen LogP contribution in [0.1, 0.15) is 47.9 Å². The molecule has 1 fully saturated rings. The van der Waals surface area contributed by atoms with Gasteiger partial charge in [-0.3, -0.25) is 0 Å². The zero-order valence-corrected chi connectivity index (χ0v) is 17.6. The first-order chi connectivity index (χ1) is 15.0. The summed E-state index contributed by atoms with van der Waals surface area (Å²) in [6, 6.07) is 13.5. The molecule has 0 radical (unpaired) electrons. The molecule has 0 aromatic heterocycles. The molecule has 2 aromatic rings. The van der Waals surface area contributed by atoms with Gasteiger partial charge in [-0.05, 0) is 68.5 Å². The summed E-state index contributed by atoms with van der Waals surface area (Å²) in [6.45, 7) is 1.04. The minimum atomic E-state index is -4.99. The van der Waals surface area contributed by atoms with Crippen LogP contribution in [-0.2, 0) is 24.3 Å². The van der Waals surface area contributed by atoms with E-state index in [0.717, 1.165) is 11.6 Å². The van der Waals surface area contributed by atoms with Crippen molar-refractivity contribution >= 4 is 0 Å². The first-order valence-corrected chi connectivity index (χ1v) is 10.4. The van der Waals surface area contributed by atoms with Gasteiger partial charge in [0.25, 0.3) is 0 Å². The van der Waals surface area contributed by atoms with Gasteiger partial charge in [-0.1, -0.05) is 36.4 Å². The molecule has 0 N–H and O–H groups in total. The SMILES string of the molecule is CN(CCCC(C#N)(c1c(C(F)(F)F)cccc1C(F)(F)F)C1CC1)Cc1ccccc1. The van der Waals surface area contributed by atoms with Gasteiger partial charge in [-0.15, -0.1) is 0 Å². The molecule has 0 bridgehead atoms. The summed E-state index contributed by atoms with van der Waals surface area (Å²) in [5.41, 5.74) is -4.41. The molecule has 0 spiro atoms. The predicted molar refractivity (Wildman–Crippen MR) is 108 cm³/mol. The summed E-state index contributed by atoms with van der Waals surface area (Å²) in [5, 5.41) is 10.0. The third-order valence-corrected chi connectivity index (χ3v) is 6.00. The van der Waals surface area contributed by atoms with Crippen molar-refractivity contribution in [1.82, 2.24) is 4.90 Å². The number of benzene rings is 2. The number of alkyl halides is 6. The van der Waals surface area contributed by atoms with Gasteiger partial charge in [0.2, 0.25) is 0 Å². The van der Waals surface area contributed by atoms with Crippen molar-refractivity contribution in [1.29, 1.82) is 5.26 Å². The van der Waals surface area contributed by atoms with E-state index in [2.05, 4.69) is 0 Å². The maximum Gasteiger partial charge on any atom is 0.416 e. The summed E-state index contributed by atoms with van der Waals surface area (Å²) in [4.78, 5) is 1.95. The molecule has 0 aliphatic heterocycles. The van der Waals surface area contributed by atoms with Gasteiger partial charge in [0.15, 0.2) is 0 Å². The minimum Gasteiger partial charge on any atom is -0.302 e. The van der Waals surface area contributed by atoms with Crippen molar-refractivity contribution in [3.63, 3.8) is 0 Å². The van der Waals surface area contributed by atoms with Crippen LogP contribution in [0.4, 0.5) is 26.3 Å². The van der Waals surface area contributed by atoms with E-state index >= 15 is 0 Å². The Kier molecular flexibility index (Phi) is 6.89. The molecule has 32 heavy (non-hydrogen) atoms. The molecule has 0 saturated heterocycles. The Hall–Kier alpha value is -2.53. The highest BCUT2D eigenvalue weighted by Gasteiger charge is 2.54. The van der Waals surface area contributed by atoms with Gasteiger partial charge in [0, 0.05) is 6.54 Å². The van der Waals surface area contributed by atoms with Crippen molar-refractivity contribution < 1.29 is 26.3 Å². The lowest BCUT2D eigenvalue weighted by atomic mass is 9.70. The van der Waals surface area contributed by atoms with E-state index in [1.54, 1.807) is 0 Å². The monoisotopic (exact) mass is 454 g/mol. The third kappa shape index (κ3) is 5.26. The second-order valence-electron chi connectivity index (χ2n) is 8.41. The third-order valence-electron chi connectivity index (χ3n) is 6.00. The van der Waals surface area contributed by atoms with E-state index in [-0.39, 0.29) is 6.42 Å². The number of hydrogen-bond donors (Lipinski definition) is 0. The Morgan fingerprint density at radius 1 is 0.906 bits per heavy atom. The molecule has 3 rings (SSSR count). The van der Waals surface area contributed by atoms with E-state index in [0.29, 0.717) is 44.5 Å². The van der Waals surface area contributed by atoms with Crippen LogP contribution >= 0.6 is 0 Å². The van der Waals surface area contributed by atoms with Crippen molar-refractivity contribution in [3.05, 3.63) is 70.8 Å². The van der Waals surface area contributed by atoms with E-state index < -0.39 is 40.4 Å². The van der Waals surface area contributed by atoms with Crippen molar-refractivity contribution in [2.75, 3.05) is 13.6 Å². The number of rotatable bonds is 8. The number of nitrogens with zero attached hydrogens (tertiary/aromatic N) is 2. The van der Waals surface area contributed by atoms with Crippen LogP contribution in [0.3, 0.4) is 0 Å². The highest BCUT2D eigenvalue weighted by molar-refractivity contribution is 5.49. The maximum absolute atomic E-state index is 13.8. The molecule has 2 aromatic carbocycles. The predicted octanol–water partition coefficient (Wildman–Crippen LogP) is 6.81. The molecule has 172 valence electrons. The molecule has 0 heterocycles. The Morgan fingerprint density at radius 3 is 1.94 bits per heavy atom. The van der Waals surface area contributed by atoms with Crippen LogP contribution in [0.5, 0.6) is 0 Å². The first-order valence-electron chi connectivity index (χ1n) is 10.4. The highest BCUT2D eigenvalue weighted by atomic mass is 19.4. The molecule has 1 atom stereocenters. The van der Waals surface area contributed by atoms with Gasteiger partial charge in [0.05, 0.1) is 22.6 Å². The Morgan fingerprint density at radius 2 is 1.47 bits per heavy atom. The van der Waals surface area contributed by atoms with Crippen molar-refractivity contribution in [3.8, 4) is 6.07 Å². The van der Waals surface area contributed by atoms with Crippen LogP contribution < -0.4 is 0 Å². The fourth-order valence-corrected chi connectivity index (χ4v) is 4.42. The molecule has 0 amide bonds. The Labute approximate surface area is 183 Å². The van der Waals surface area contributed by atoms with E-state index in [1.807, 2.05) is 48.3 Å². The van der Waals surface area contributed by atoms with Gasteiger partial charge in [-0.25, -0.2) is 0 Å². The lowest BCUT2D eigenvalue weighted by Gasteiger charge is -2.33. The smallest absolute Gasteiger partial charge is 0.302 e. The van der Waals surface area contributed by atoms with Crippen LogP contribution in [0.25, 0.3) is 0 Å². The quantitative estimate of drug-likeness (QED) is 0.410. The lowest BCUT2D eigenvalue weighted by Crippen LogP contribution is -2.34. The molecule has 2 nitrogen and oxygen atoms in total. The number of nitriles is 1. The van der Waals surface area contributed by atoms with Crippen LogP contribution in [0, 0.1) is 17.2 Å². The Bertz CT molecular complexity index is 925. The zero-order chi connectivity index (χ0) is 23.6. The first kappa shape index (κ1) is 24.1. The second kappa shape index (κ2) is 9.14. The Balaban J connectivity index is 1.92. The van der Waals surface area contributed by atoms with Gasteiger partial charge >= 0.3 is 12.4 Å². The topological polar surface area (TPSA) is 27.0 Å². The fourth-order valence-electron chi connectivity index (χ4n) is 4.42. The largest absolute Gasteiger partial charge is 0.416 e. The maximum atomic E-state index is 13.8. The number of hydrogen-bond acceptors (Lipinski definition) is 2. The summed E-state index contributed by atoms with van der Waals surface area (Å²) >= 11 is 0. The van der Waals surface area contributed by atoms with Gasteiger partial charge in [0.1, 0.15) is 0 Å². The summed E-state index contributed by atoms with van der Waals surface area (Å²) < 4.78 is 82.6. The molecular weight excluding hydrogens is 430 g/mol. The highest BCUT2D eigenvalue weighted by Crippen LogP contribution is 2.55. The van der Waals surface area contributed by atoms with Crippen molar-refractivity contribution in [2.24, 2.45) is 5.92 Å². The number of halogens is 6. The van der Waals surface area contributed by atoms with E-state index in [9.17, 15) is 31.6 Å². The van der Waals surface area contributed by atoms with E-state index in [1.165, 1.54) is 0 Å². The summed E-state index contributed by atoms with van der Waals surface area (Å²) in [7, 11) is 1.84. The molecule has 1 unspecified atom stereocenters. The molecule has 8 heteroatoms. The normalized spacial score (nSPS) is 16.6.